The summed E-state index contributed by atoms with van der Waals surface area (Å²) in [5.74, 6) is 0.105. The first kappa shape index (κ1) is 15.8. The van der Waals surface area contributed by atoms with Crippen molar-refractivity contribution in [3.8, 4) is 0 Å². The summed E-state index contributed by atoms with van der Waals surface area (Å²) in [5, 5.41) is 0.241. The number of aryl methyl sites for hydroxylation is 2. The normalized spacial score (nSPS) is 11.4. The number of hydrogen-bond donors (Lipinski definition) is 2. The first-order chi connectivity index (χ1) is 9.85. The van der Waals surface area contributed by atoms with Gasteiger partial charge in [-0.25, -0.2) is 13.4 Å². The number of benzene rings is 1. The van der Waals surface area contributed by atoms with Crippen LogP contribution in [0.25, 0.3) is 0 Å². The van der Waals surface area contributed by atoms with Crippen LogP contribution in [0.1, 0.15) is 16.7 Å². The Balaban J connectivity index is 2.47. The number of halogens is 1. The molecule has 0 atom stereocenters. The average molecular weight is 326 g/mol. The number of anilines is 1. The van der Waals surface area contributed by atoms with Crippen LogP contribution in [0.2, 0.25) is 5.02 Å². The predicted molar refractivity (Wildman–Crippen MR) is 83.9 cm³/mol. The lowest BCUT2D eigenvalue weighted by Gasteiger charge is -2.13. The van der Waals surface area contributed by atoms with E-state index in [9.17, 15) is 8.42 Å². The Hall–Kier alpha value is -1.63. The smallest absolute Gasteiger partial charge is 0.263 e. The minimum Gasteiger partial charge on any atom is -0.326 e. The maximum Gasteiger partial charge on any atom is 0.263 e. The van der Waals surface area contributed by atoms with Crippen molar-refractivity contribution in [3.63, 3.8) is 0 Å². The molecule has 0 unspecified atom stereocenters. The van der Waals surface area contributed by atoms with Crippen molar-refractivity contribution in [3.05, 3.63) is 52.2 Å². The second kappa shape index (κ2) is 6.01. The molecule has 1 aromatic carbocycles. The van der Waals surface area contributed by atoms with Crippen LogP contribution < -0.4 is 10.5 Å². The van der Waals surface area contributed by atoms with Crippen LogP contribution in [0.15, 0.2) is 35.4 Å². The Bertz CT molecular complexity index is 776. The Kier molecular flexibility index (Phi) is 4.51. The molecule has 0 aliphatic rings. The second-order valence-electron chi connectivity index (χ2n) is 4.69. The van der Waals surface area contributed by atoms with Crippen molar-refractivity contribution < 1.29 is 8.42 Å². The fourth-order valence-corrected chi connectivity index (χ4v) is 3.56. The molecule has 1 heterocycles. The van der Waals surface area contributed by atoms with Gasteiger partial charge in [0.05, 0.1) is 9.92 Å². The van der Waals surface area contributed by atoms with E-state index in [0.29, 0.717) is 5.56 Å². The van der Waals surface area contributed by atoms with E-state index in [4.69, 9.17) is 17.3 Å². The number of aromatic nitrogens is 1. The van der Waals surface area contributed by atoms with E-state index in [1.54, 1.807) is 31.2 Å². The zero-order valence-corrected chi connectivity index (χ0v) is 13.3. The lowest BCUT2D eigenvalue weighted by Crippen LogP contribution is -2.16. The molecule has 112 valence electrons. The molecule has 2 aromatic rings. The van der Waals surface area contributed by atoms with Gasteiger partial charge in [0, 0.05) is 12.7 Å². The highest BCUT2D eigenvalue weighted by molar-refractivity contribution is 7.92. The molecule has 0 spiro atoms. The van der Waals surface area contributed by atoms with Gasteiger partial charge in [-0.3, -0.25) is 4.72 Å². The van der Waals surface area contributed by atoms with Gasteiger partial charge >= 0.3 is 0 Å². The molecule has 0 saturated carbocycles. The average Bonchev–Trinajstić information content (AvgIpc) is 2.41. The lowest BCUT2D eigenvalue weighted by atomic mass is 10.1. The monoisotopic (exact) mass is 325 g/mol. The van der Waals surface area contributed by atoms with E-state index in [1.165, 1.54) is 6.20 Å². The van der Waals surface area contributed by atoms with Crippen LogP contribution in [-0.2, 0) is 16.6 Å². The van der Waals surface area contributed by atoms with Crippen LogP contribution in [0.4, 0.5) is 5.82 Å². The van der Waals surface area contributed by atoms with Gasteiger partial charge in [0.15, 0.2) is 5.82 Å². The lowest BCUT2D eigenvalue weighted by molar-refractivity contribution is 0.600. The molecule has 0 bridgehead atoms. The van der Waals surface area contributed by atoms with Crippen molar-refractivity contribution in [2.45, 2.75) is 25.3 Å². The number of hydrogen-bond acceptors (Lipinski definition) is 4. The molecule has 7 heteroatoms. The molecule has 1 aromatic heterocycles. The van der Waals surface area contributed by atoms with Crippen LogP contribution in [0, 0.1) is 13.8 Å². The van der Waals surface area contributed by atoms with Gasteiger partial charge in [-0.1, -0.05) is 17.7 Å². The summed E-state index contributed by atoms with van der Waals surface area (Å²) in [6, 6.07) is 6.59. The Morgan fingerprint density at radius 1 is 1.29 bits per heavy atom. The van der Waals surface area contributed by atoms with Gasteiger partial charge < -0.3 is 5.73 Å². The van der Waals surface area contributed by atoms with E-state index in [2.05, 4.69) is 9.71 Å². The summed E-state index contributed by atoms with van der Waals surface area (Å²) in [6.45, 7) is 3.91. The van der Waals surface area contributed by atoms with E-state index in [1.807, 2.05) is 6.92 Å². The molecule has 0 aliphatic heterocycles. The van der Waals surface area contributed by atoms with Gasteiger partial charge in [-0.15, -0.1) is 0 Å². The quantitative estimate of drug-likeness (QED) is 0.904. The van der Waals surface area contributed by atoms with Gasteiger partial charge in [-0.2, -0.15) is 0 Å². The molecule has 0 saturated heterocycles. The molecule has 0 fully saturated rings. The van der Waals surface area contributed by atoms with Gasteiger partial charge in [-0.05, 0) is 48.7 Å². The van der Waals surface area contributed by atoms with Crippen molar-refractivity contribution in [1.29, 1.82) is 0 Å². The van der Waals surface area contributed by atoms with Crippen molar-refractivity contribution in [2.24, 2.45) is 5.73 Å². The summed E-state index contributed by atoms with van der Waals surface area (Å²) in [5.41, 5.74) is 8.03. The Morgan fingerprint density at radius 3 is 2.62 bits per heavy atom. The zero-order valence-electron chi connectivity index (χ0n) is 11.7. The fraction of sp³-hybridized carbons (Fsp3) is 0.214. The highest BCUT2D eigenvalue weighted by Gasteiger charge is 2.20. The number of nitrogens with two attached hydrogens (primary N) is 1. The number of nitrogens with one attached hydrogen (secondary N) is 1. The van der Waals surface area contributed by atoms with Crippen LogP contribution >= 0.6 is 11.6 Å². The zero-order chi connectivity index (χ0) is 15.6. The summed E-state index contributed by atoms with van der Waals surface area (Å²) < 4.78 is 27.4. The highest BCUT2D eigenvalue weighted by atomic mass is 35.5. The molecule has 0 amide bonds. The number of rotatable bonds is 4. The second-order valence-corrected chi connectivity index (χ2v) is 6.75. The van der Waals surface area contributed by atoms with E-state index >= 15 is 0 Å². The molecule has 0 radical (unpaired) electrons. The van der Waals surface area contributed by atoms with E-state index in [-0.39, 0.29) is 22.3 Å². The van der Waals surface area contributed by atoms with Gasteiger partial charge in [0.1, 0.15) is 0 Å². The van der Waals surface area contributed by atoms with Crippen LogP contribution in [0.3, 0.4) is 0 Å². The van der Waals surface area contributed by atoms with Crippen molar-refractivity contribution in [2.75, 3.05) is 4.72 Å². The standard InChI is InChI=1S/C14H16ClN3O2S/c1-9-6-10(2)13(7-11(9)8-16)21(19,20)18-14-12(15)4-3-5-17-14/h3-7H,8,16H2,1-2H3,(H,17,18). The van der Waals surface area contributed by atoms with Gasteiger partial charge in [0.2, 0.25) is 0 Å². The fourth-order valence-electron chi connectivity index (χ4n) is 2.03. The molecular formula is C14H16ClN3O2S. The first-order valence-electron chi connectivity index (χ1n) is 6.28. The molecule has 5 nitrogen and oxygen atoms in total. The van der Waals surface area contributed by atoms with E-state index < -0.39 is 10.0 Å². The SMILES string of the molecule is Cc1cc(C)c(S(=O)(=O)Nc2ncccc2Cl)cc1CN. The summed E-state index contributed by atoms with van der Waals surface area (Å²) >= 11 is 5.93. The van der Waals surface area contributed by atoms with Gasteiger partial charge in [0.25, 0.3) is 10.0 Å². The minimum atomic E-state index is -3.77. The number of pyridine rings is 1. The maximum absolute atomic E-state index is 12.5. The molecule has 3 N–H and O–H groups in total. The first-order valence-corrected chi connectivity index (χ1v) is 8.15. The molecular weight excluding hydrogens is 310 g/mol. The van der Waals surface area contributed by atoms with Crippen molar-refractivity contribution >= 4 is 27.4 Å². The minimum absolute atomic E-state index is 0.105. The summed E-state index contributed by atoms with van der Waals surface area (Å²) in [7, 11) is -3.77. The highest BCUT2D eigenvalue weighted by Crippen LogP contribution is 2.25. The number of nitrogens with zero attached hydrogens (tertiary/aromatic N) is 1. The van der Waals surface area contributed by atoms with E-state index in [0.717, 1.165) is 11.1 Å². The number of sulfonamides is 1. The van der Waals surface area contributed by atoms with Crippen LogP contribution in [-0.4, -0.2) is 13.4 Å². The summed E-state index contributed by atoms with van der Waals surface area (Å²) in [4.78, 5) is 4.11. The third-order valence-electron chi connectivity index (χ3n) is 3.13. The largest absolute Gasteiger partial charge is 0.326 e. The third kappa shape index (κ3) is 3.34. The van der Waals surface area contributed by atoms with Crippen molar-refractivity contribution in [1.82, 2.24) is 4.98 Å². The Labute approximate surface area is 129 Å². The molecule has 2 rings (SSSR count). The topological polar surface area (TPSA) is 85.1 Å². The van der Waals surface area contributed by atoms with Crippen LogP contribution in [0.5, 0.6) is 0 Å². The Morgan fingerprint density at radius 2 is 2.00 bits per heavy atom. The third-order valence-corrected chi connectivity index (χ3v) is 4.92. The predicted octanol–water partition coefficient (Wildman–Crippen LogP) is 2.61. The maximum atomic E-state index is 12.5. The molecule has 21 heavy (non-hydrogen) atoms. The summed E-state index contributed by atoms with van der Waals surface area (Å²) in [6.07, 6.45) is 1.47. The molecule has 0 aliphatic carbocycles.